The van der Waals surface area contributed by atoms with Gasteiger partial charge in [0, 0.05) is 0 Å². The van der Waals surface area contributed by atoms with Crippen LogP contribution in [0.15, 0.2) is 35.6 Å². The normalized spacial score (nSPS) is 36.3. The van der Waals surface area contributed by atoms with Crippen LogP contribution in [-0.2, 0) is 32.1 Å². The number of phosphoric ester groups is 1. The Bertz CT molecular complexity index is 1870. The van der Waals surface area contributed by atoms with Gasteiger partial charge in [-0.05, 0) is 0 Å². The van der Waals surface area contributed by atoms with Crippen LogP contribution in [-0.4, -0.2) is 101 Å². The van der Waals surface area contributed by atoms with E-state index in [4.69, 9.17) is 39.0 Å². The molecule has 3 saturated heterocycles. The Morgan fingerprint density at radius 3 is 2.51 bits per heavy atom. The van der Waals surface area contributed by atoms with E-state index < -0.39 is 76.0 Å². The van der Waals surface area contributed by atoms with Crippen molar-refractivity contribution in [2.24, 2.45) is 0 Å². The Hall–Kier alpha value is -2.71. The predicted molar refractivity (Wildman–Crippen MR) is 161 cm³/mol. The number of aromatic amines is 1. The minimum absolute atomic E-state index is 0.143. The zero-order valence-corrected chi connectivity index (χ0v) is 26.1. The summed E-state index contributed by atoms with van der Waals surface area (Å²) in [4.78, 5) is 37.9. The van der Waals surface area contributed by atoms with Gasteiger partial charge in [-0.25, -0.2) is 0 Å². The van der Waals surface area contributed by atoms with E-state index in [0.29, 0.717) is 11.0 Å². The van der Waals surface area contributed by atoms with Crippen molar-refractivity contribution in [2.75, 3.05) is 31.3 Å². The van der Waals surface area contributed by atoms with Crippen LogP contribution in [0.25, 0.3) is 22.1 Å². The van der Waals surface area contributed by atoms with Gasteiger partial charge in [0.05, 0.1) is 0 Å². The third-order valence-electron chi connectivity index (χ3n) is 7.84. The first kappa shape index (κ1) is 30.9. The van der Waals surface area contributed by atoms with Crippen LogP contribution in [0.1, 0.15) is 12.5 Å². The average Bonchev–Trinajstić information content (AvgIpc) is 3.72. The summed E-state index contributed by atoms with van der Waals surface area (Å²) in [6, 6.07) is 3.14. The summed E-state index contributed by atoms with van der Waals surface area (Å²) < 4.78 is 51.3. The molecule has 0 spiro atoms. The number of aliphatic hydroxyl groups excluding tert-OH is 2. The van der Waals surface area contributed by atoms with Crippen LogP contribution in [0.4, 0.5) is 11.8 Å². The van der Waals surface area contributed by atoms with Gasteiger partial charge in [0.2, 0.25) is 0 Å². The van der Waals surface area contributed by atoms with Gasteiger partial charge in [-0.1, -0.05) is 0 Å². The molecule has 4 aromatic rings. The fourth-order valence-corrected chi connectivity index (χ4v) is 8.61. The second kappa shape index (κ2) is 11.2. The molecule has 5 unspecified atom stereocenters. The van der Waals surface area contributed by atoms with Gasteiger partial charge in [0.1, 0.15) is 0 Å². The van der Waals surface area contributed by atoms with Crippen molar-refractivity contribution in [2.45, 2.75) is 49.1 Å². The van der Waals surface area contributed by atoms with Gasteiger partial charge in [-0.3, -0.25) is 0 Å². The number of anilines is 2. The van der Waals surface area contributed by atoms with Crippen LogP contribution < -0.4 is 17.0 Å². The third-order valence-corrected chi connectivity index (χ3v) is 10.9. The Morgan fingerprint density at radius 1 is 1.02 bits per heavy atom. The van der Waals surface area contributed by atoms with Crippen molar-refractivity contribution in [1.29, 1.82) is 0 Å². The maximum atomic E-state index is 13.2. The Labute approximate surface area is 258 Å². The number of fused-ring (bicyclic) bond motifs is 5. The first-order valence-corrected chi connectivity index (χ1v) is 18.7. The molecule has 0 aromatic carbocycles. The number of nitrogens with zero attached hydrogens (tertiary/aromatic N) is 5. The molecule has 7 heterocycles. The zero-order valence-electron chi connectivity index (χ0n) is 23.3. The Balaban J connectivity index is 1.20. The number of ether oxygens (including phenoxy) is 2. The number of nitrogens with two attached hydrogens (primary N) is 2. The summed E-state index contributed by atoms with van der Waals surface area (Å²) >= 11 is 4.65. The van der Waals surface area contributed by atoms with E-state index in [1.165, 1.54) is 27.7 Å². The molecule has 0 radical (unpaired) electrons. The molecule has 45 heavy (non-hydrogen) atoms. The summed E-state index contributed by atoms with van der Waals surface area (Å²) in [5.74, 6) is 0.0722. The molecular formula is C23H30N8O11P2S. The number of aromatic nitrogens is 6. The summed E-state index contributed by atoms with van der Waals surface area (Å²) in [5.41, 5.74) is 11.7. The summed E-state index contributed by atoms with van der Waals surface area (Å²) in [7, 11) is -4.91. The SMILES string of the molecule is C[PH]1(S)OC[C@H]2O[C@@H](n3ccc4c(N)ncnc43)C(O)C2OP(=O)(O)OC[C@H]2O[C@@H](n3ccc4c(=O)[nH]c(N)nc43)C(O1)C2O. The van der Waals surface area contributed by atoms with E-state index in [1.807, 2.05) is 0 Å². The molecule has 19 nitrogen and oxygen atoms in total. The molecule has 4 aromatic heterocycles. The van der Waals surface area contributed by atoms with E-state index in [9.17, 15) is 24.5 Å². The summed E-state index contributed by atoms with van der Waals surface area (Å²) in [6.45, 7) is -2.83. The van der Waals surface area contributed by atoms with Gasteiger partial charge in [-0.15, -0.1) is 0 Å². The first-order valence-electron chi connectivity index (χ1n) is 13.6. The Kier molecular flexibility index (Phi) is 7.71. The van der Waals surface area contributed by atoms with E-state index in [2.05, 4.69) is 32.2 Å². The monoisotopic (exact) mass is 688 g/mol. The molecule has 22 heteroatoms. The van der Waals surface area contributed by atoms with Crippen LogP contribution >= 0.6 is 27.0 Å². The predicted octanol–water partition coefficient (Wildman–Crippen LogP) is -0.177. The molecule has 0 amide bonds. The van der Waals surface area contributed by atoms with E-state index in [-0.39, 0.29) is 29.4 Å². The Morgan fingerprint density at radius 2 is 1.73 bits per heavy atom. The number of aliphatic hydroxyl groups is 2. The van der Waals surface area contributed by atoms with E-state index in [0.717, 1.165) is 0 Å². The van der Waals surface area contributed by atoms with Gasteiger partial charge in [0.15, 0.2) is 0 Å². The summed E-state index contributed by atoms with van der Waals surface area (Å²) in [6.07, 6.45) is -5.74. The van der Waals surface area contributed by atoms with E-state index >= 15 is 0 Å². The van der Waals surface area contributed by atoms with Gasteiger partial charge in [0.25, 0.3) is 0 Å². The van der Waals surface area contributed by atoms with Crippen LogP contribution in [0, 0.1) is 0 Å². The molecule has 0 aliphatic carbocycles. The molecule has 2 bridgehead atoms. The number of thiol groups is 1. The molecule has 3 aliphatic rings. The average molecular weight is 689 g/mol. The summed E-state index contributed by atoms with van der Waals surface area (Å²) in [5, 5.41) is 23.2. The van der Waals surface area contributed by atoms with Crippen molar-refractivity contribution in [3.05, 3.63) is 41.2 Å². The topological polar surface area (TPSA) is 267 Å². The van der Waals surface area contributed by atoms with Crippen molar-refractivity contribution in [3.63, 3.8) is 0 Å². The number of nitrogens with one attached hydrogen (secondary N) is 1. The van der Waals surface area contributed by atoms with Crippen molar-refractivity contribution in [3.8, 4) is 0 Å². The zero-order chi connectivity index (χ0) is 31.8. The molecule has 7 rings (SSSR count). The quantitative estimate of drug-likeness (QED) is 0.106. The second-order valence-corrected chi connectivity index (χ2v) is 17.0. The molecule has 0 saturated carbocycles. The van der Waals surface area contributed by atoms with Crippen molar-refractivity contribution >= 4 is 60.8 Å². The van der Waals surface area contributed by atoms with Crippen molar-refractivity contribution < 1.29 is 47.2 Å². The number of nitrogen functional groups attached to an aromatic ring is 2. The van der Waals surface area contributed by atoms with Crippen LogP contribution in [0.3, 0.4) is 0 Å². The molecular weight excluding hydrogens is 658 g/mol. The first-order chi connectivity index (χ1) is 21.3. The number of phosphoric acid groups is 1. The van der Waals surface area contributed by atoms with Gasteiger partial charge >= 0.3 is 259 Å². The number of hydrogen-bond donors (Lipinski definition) is 7. The second-order valence-electron chi connectivity index (χ2n) is 10.9. The molecule has 3 fully saturated rings. The fraction of sp³-hybridized carbons (Fsp3) is 0.478. The molecule has 244 valence electrons. The number of H-pyrrole nitrogens is 1. The standard InChI is InChI=1S/C23H30N8O11P2S/c1-43(45)37-7-12-15(14(33)21(40-12)30-4-2-9-17(24)26-8-27-18(9)30)42-44(35,36)38-6-11-13(32)16(41-43)22(39-11)31-5-3-10-19(31)28-23(25)29-20(10)34/h2-5,8,11-16,21-22,32-33,43,45H,6-7H2,1H3,(H,35,36)(H2,24,26,27)(H3,25,28,29,34)/t11-,12-,13?,14?,15?,16?,21-,22-/m1/s1. The maximum absolute atomic E-state index is 13.2. The minimum atomic E-state index is -4.91. The van der Waals surface area contributed by atoms with E-state index in [1.54, 1.807) is 18.9 Å². The van der Waals surface area contributed by atoms with Gasteiger partial charge in [-0.2, -0.15) is 0 Å². The molecule has 3 aliphatic heterocycles. The number of rotatable bonds is 2. The van der Waals surface area contributed by atoms with Crippen LogP contribution in [0.2, 0.25) is 0 Å². The molecule has 9 atom stereocenters. The van der Waals surface area contributed by atoms with Crippen LogP contribution in [0.5, 0.6) is 0 Å². The van der Waals surface area contributed by atoms with Crippen molar-refractivity contribution in [1.82, 2.24) is 29.1 Å². The molecule has 8 N–H and O–H groups in total. The number of hydrogen-bond acceptors (Lipinski definition) is 16. The van der Waals surface area contributed by atoms with Gasteiger partial charge < -0.3 is 0 Å². The fourth-order valence-electron chi connectivity index (χ4n) is 5.76. The third kappa shape index (κ3) is 5.54.